The van der Waals surface area contributed by atoms with E-state index >= 15 is 0 Å². The Morgan fingerprint density at radius 1 is 1.52 bits per heavy atom. The van der Waals surface area contributed by atoms with Crippen LogP contribution in [-0.4, -0.2) is 40.6 Å². The second-order valence-corrected chi connectivity index (χ2v) is 6.72. The van der Waals surface area contributed by atoms with E-state index < -0.39 is 5.60 Å². The second kappa shape index (κ2) is 6.34. The van der Waals surface area contributed by atoms with Gasteiger partial charge in [-0.1, -0.05) is 17.7 Å². The third kappa shape index (κ3) is 4.19. The number of amides is 1. The first-order valence-corrected chi connectivity index (χ1v) is 7.67. The van der Waals surface area contributed by atoms with Crippen LogP contribution in [0.5, 0.6) is 0 Å². The third-order valence-corrected chi connectivity index (χ3v) is 4.24. The second-order valence-electron chi connectivity index (χ2n) is 6.31. The lowest BCUT2D eigenvalue weighted by atomic mass is 9.97. The molecule has 116 valence electrons. The van der Waals surface area contributed by atoms with Gasteiger partial charge in [-0.3, -0.25) is 9.69 Å². The monoisotopic (exact) mass is 310 g/mol. The largest absolute Gasteiger partial charge is 0.389 e. The van der Waals surface area contributed by atoms with Gasteiger partial charge in [0.1, 0.15) is 0 Å². The van der Waals surface area contributed by atoms with E-state index in [0.29, 0.717) is 10.7 Å². The molecule has 1 atom stereocenters. The number of benzene rings is 1. The highest BCUT2D eigenvalue weighted by molar-refractivity contribution is 6.33. The lowest BCUT2D eigenvalue weighted by molar-refractivity contribution is -0.118. The summed E-state index contributed by atoms with van der Waals surface area (Å²) in [6.07, 6.45) is 1.93. The molecule has 1 aliphatic heterocycles. The fourth-order valence-corrected chi connectivity index (χ4v) is 3.19. The Morgan fingerprint density at radius 3 is 2.86 bits per heavy atom. The van der Waals surface area contributed by atoms with Gasteiger partial charge in [0.25, 0.3) is 0 Å². The molecule has 4 nitrogen and oxygen atoms in total. The Hall–Kier alpha value is -1.10. The first kappa shape index (κ1) is 16.3. The number of rotatable bonds is 4. The van der Waals surface area contributed by atoms with Gasteiger partial charge >= 0.3 is 0 Å². The minimum Gasteiger partial charge on any atom is -0.389 e. The summed E-state index contributed by atoms with van der Waals surface area (Å²) in [5, 5.41) is 13.6. The lowest BCUT2D eigenvalue weighted by Gasteiger charge is -2.33. The highest BCUT2D eigenvalue weighted by atomic mass is 35.5. The molecule has 2 rings (SSSR count). The van der Waals surface area contributed by atoms with Crippen LogP contribution in [0.25, 0.3) is 0 Å². The van der Waals surface area contributed by atoms with Gasteiger partial charge in [0, 0.05) is 6.04 Å². The predicted molar refractivity (Wildman–Crippen MR) is 85.7 cm³/mol. The predicted octanol–water partition coefficient (Wildman–Crippen LogP) is 2.82. The lowest BCUT2D eigenvalue weighted by Crippen LogP contribution is -2.48. The number of likely N-dealkylation sites (tertiary alicyclic amines) is 1. The van der Waals surface area contributed by atoms with Crippen LogP contribution in [0.3, 0.4) is 0 Å². The van der Waals surface area contributed by atoms with Gasteiger partial charge in [-0.2, -0.15) is 0 Å². The van der Waals surface area contributed by atoms with Gasteiger partial charge < -0.3 is 10.4 Å². The van der Waals surface area contributed by atoms with Crippen LogP contribution in [0, 0.1) is 6.92 Å². The number of nitrogens with zero attached hydrogens (tertiary/aromatic N) is 1. The smallest absolute Gasteiger partial charge is 0.238 e. The van der Waals surface area contributed by atoms with Crippen molar-refractivity contribution >= 4 is 23.2 Å². The number of hydrogen-bond acceptors (Lipinski definition) is 3. The molecule has 0 radical (unpaired) electrons. The highest BCUT2D eigenvalue weighted by Gasteiger charge is 2.36. The van der Waals surface area contributed by atoms with E-state index in [2.05, 4.69) is 5.32 Å². The third-order valence-electron chi connectivity index (χ3n) is 3.92. The summed E-state index contributed by atoms with van der Waals surface area (Å²) in [5.74, 6) is -0.100. The molecule has 1 heterocycles. The molecular weight excluding hydrogens is 288 g/mol. The molecule has 0 saturated carbocycles. The molecule has 1 saturated heterocycles. The van der Waals surface area contributed by atoms with E-state index in [0.717, 1.165) is 24.9 Å². The van der Waals surface area contributed by atoms with Gasteiger partial charge in [0.05, 0.1) is 22.9 Å². The van der Waals surface area contributed by atoms with Crippen molar-refractivity contribution in [3.8, 4) is 0 Å². The van der Waals surface area contributed by atoms with E-state index in [1.165, 1.54) is 0 Å². The van der Waals surface area contributed by atoms with E-state index in [1.807, 2.05) is 30.0 Å². The first-order chi connectivity index (χ1) is 9.77. The zero-order valence-corrected chi connectivity index (χ0v) is 13.6. The minimum atomic E-state index is -0.793. The van der Waals surface area contributed by atoms with E-state index in [9.17, 15) is 9.90 Å². The van der Waals surface area contributed by atoms with Crippen LogP contribution < -0.4 is 5.32 Å². The topological polar surface area (TPSA) is 52.6 Å². The summed E-state index contributed by atoms with van der Waals surface area (Å²) < 4.78 is 0. The Kier molecular flexibility index (Phi) is 4.91. The number of hydrogen-bond donors (Lipinski definition) is 2. The SMILES string of the molecule is Cc1ccc(NC(=O)CN2CCCC2C(C)(C)O)c(Cl)c1. The molecule has 1 aliphatic rings. The van der Waals surface area contributed by atoms with E-state index in [1.54, 1.807) is 13.8 Å². The summed E-state index contributed by atoms with van der Waals surface area (Å²) in [6, 6.07) is 5.58. The van der Waals surface area contributed by atoms with Gasteiger partial charge in [0.2, 0.25) is 5.91 Å². The van der Waals surface area contributed by atoms with E-state index in [-0.39, 0.29) is 18.5 Å². The fourth-order valence-electron chi connectivity index (χ4n) is 2.91. The van der Waals surface area contributed by atoms with Crippen molar-refractivity contribution in [1.29, 1.82) is 0 Å². The van der Waals surface area contributed by atoms with Crippen molar-refractivity contribution in [1.82, 2.24) is 4.90 Å². The Labute approximate surface area is 131 Å². The summed E-state index contributed by atoms with van der Waals surface area (Å²) in [4.78, 5) is 14.2. The molecule has 0 aliphatic carbocycles. The van der Waals surface area contributed by atoms with Crippen molar-refractivity contribution in [2.45, 2.75) is 45.3 Å². The van der Waals surface area contributed by atoms with E-state index in [4.69, 9.17) is 11.6 Å². The Balaban J connectivity index is 1.98. The molecule has 21 heavy (non-hydrogen) atoms. The maximum absolute atomic E-state index is 12.2. The molecule has 0 bridgehead atoms. The number of halogens is 1. The number of anilines is 1. The number of aliphatic hydroxyl groups is 1. The zero-order chi connectivity index (χ0) is 15.6. The van der Waals surface area contributed by atoms with Crippen LogP contribution in [-0.2, 0) is 4.79 Å². The van der Waals surface area contributed by atoms with Gasteiger partial charge in [-0.15, -0.1) is 0 Å². The molecule has 1 unspecified atom stereocenters. The highest BCUT2D eigenvalue weighted by Crippen LogP contribution is 2.27. The Morgan fingerprint density at radius 2 is 2.24 bits per heavy atom. The normalized spacial score (nSPS) is 19.8. The minimum absolute atomic E-state index is 0.0248. The molecule has 5 heteroatoms. The van der Waals surface area contributed by atoms with Crippen molar-refractivity contribution in [3.63, 3.8) is 0 Å². The Bertz CT molecular complexity index is 525. The van der Waals surface area contributed by atoms with Crippen LogP contribution in [0.1, 0.15) is 32.3 Å². The van der Waals surface area contributed by atoms with Crippen molar-refractivity contribution < 1.29 is 9.90 Å². The summed E-state index contributed by atoms with van der Waals surface area (Å²) >= 11 is 6.12. The van der Waals surface area contributed by atoms with Crippen LogP contribution in [0.2, 0.25) is 5.02 Å². The standard InChI is InChI=1S/C16H23ClN2O2/c1-11-6-7-13(12(17)9-11)18-15(20)10-19-8-4-5-14(19)16(2,3)21/h6-7,9,14,21H,4-5,8,10H2,1-3H3,(H,18,20). The molecule has 2 N–H and O–H groups in total. The average molecular weight is 311 g/mol. The zero-order valence-electron chi connectivity index (χ0n) is 12.8. The molecule has 1 amide bonds. The quantitative estimate of drug-likeness (QED) is 0.899. The molecule has 1 aromatic carbocycles. The molecule has 0 aromatic heterocycles. The molecule has 1 fully saturated rings. The molecule has 0 spiro atoms. The van der Waals surface area contributed by atoms with Crippen LogP contribution >= 0.6 is 11.6 Å². The molecular formula is C16H23ClN2O2. The molecule has 1 aromatic rings. The number of nitrogens with one attached hydrogen (secondary N) is 1. The summed E-state index contributed by atoms with van der Waals surface area (Å²) in [5.41, 5.74) is 0.893. The van der Waals surface area contributed by atoms with Crippen LogP contribution in [0.4, 0.5) is 5.69 Å². The maximum atomic E-state index is 12.2. The van der Waals surface area contributed by atoms with Crippen molar-refractivity contribution in [2.24, 2.45) is 0 Å². The van der Waals surface area contributed by atoms with Gasteiger partial charge in [-0.25, -0.2) is 0 Å². The summed E-state index contributed by atoms with van der Waals surface area (Å²) in [6.45, 7) is 6.66. The van der Waals surface area contributed by atoms with Crippen LogP contribution in [0.15, 0.2) is 18.2 Å². The number of carbonyl (C=O) groups excluding carboxylic acids is 1. The fraction of sp³-hybridized carbons (Fsp3) is 0.562. The van der Waals surface area contributed by atoms with Crippen molar-refractivity contribution in [2.75, 3.05) is 18.4 Å². The van der Waals surface area contributed by atoms with Crippen molar-refractivity contribution in [3.05, 3.63) is 28.8 Å². The average Bonchev–Trinajstić information content (AvgIpc) is 2.80. The summed E-state index contributed by atoms with van der Waals surface area (Å²) in [7, 11) is 0. The van der Waals surface area contributed by atoms with Gasteiger partial charge in [-0.05, 0) is 57.9 Å². The maximum Gasteiger partial charge on any atom is 0.238 e. The number of aryl methyl sites for hydroxylation is 1. The first-order valence-electron chi connectivity index (χ1n) is 7.30. The number of carbonyl (C=O) groups is 1. The van der Waals surface area contributed by atoms with Gasteiger partial charge in [0.15, 0.2) is 0 Å².